The van der Waals surface area contributed by atoms with Crippen LogP contribution in [0.3, 0.4) is 0 Å². The molecule has 0 aromatic heterocycles. The van der Waals surface area contributed by atoms with Crippen molar-refractivity contribution >= 4 is 11.7 Å². The van der Waals surface area contributed by atoms with Crippen LogP contribution in [0.25, 0.3) is 0 Å². The summed E-state index contributed by atoms with van der Waals surface area (Å²) in [6, 6.07) is 22.0. The van der Waals surface area contributed by atoms with E-state index >= 15 is 0 Å². The molecule has 36 heavy (non-hydrogen) atoms. The van der Waals surface area contributed by atoms with Crippen LogP contribution in [0.2, 0.25) is 0 Å². The second-order valence-electron chi connectivity index (χ2n) is 8.66. The SMILES string of the molecule is CCOC(Cc1ccc(OCCN2CCOc3ccccc32)cc1)(Cc1ccccc1F)C(=O)OC. The van der Waals surface area contributed by atoms with E-state index in [9.17, 15) is 9.18 Å². The number of esters is 1. The summed E-state index contributed by atoms with van der Waals surface area (Å²) in [5.41, 5.74) is 1.01. The molecule has 0 amide bonds. The van der Waals surface area contributed by atoms with Gasteiger partial charge in [-0.05, 0) is 48.4 Å². The fraction of sp³-hybridized carbons (Fsp3) is 0.345. The molecule has 3 aromatic carbocycles. The van der Waals surface area contributed by atoms with E-state index in [2.05, 4.69) is 11.0 Å². The van der Waals surface area contributed by atoms with E-state index in [1.54, 1.807) is 18.2 Å². The van der Waals surface area contributed by atoms with Gasteiger partial charge in [-0.25, -0.2) is 9.18 Å². The van der Waals surface area contributed by atoms with Gasteiger partial charge in [-0.1, -0.05) is 42.5 Å². The lowest BCUT2D eigenvalue weighted by molar-refractivity contribution is -0.169. The van der Waals surface area contributed by atoms with E-state index in [1.165, 1.54) is 13.2 Å². The maximum absolute atomic E-state index is 14.4. The molecule has 0 radical (unpaired) electrons. The van der Waals surface area contributed by atoms with E-state index < -0.39 is 11.6 Å². The number of hydrogen-bond acceptors (Lipinski definition) is 6. The molecule has 1 heterocycles. The van der Waals surface area contributed by atoms with Gasteiger partial charge in [-0.2, -0.15) is 0 Å². The zero-order valence-electron chi connectivity index (χ0n) is 20.7. The minimum Gasteiger partial charge on any atom is -0.492 e. The fourth-order valence-electron chi connectivity index (χ4n) is 4.55. The van der Waals surface area contributed by atoms with E-state index in [-0.39, 0.29) is 25.3 Å². The molecule has 6 nitrogen and oxygen atoms in total. The van der Waals surface area contributed by atoms with Gasteiger partial charge in [0.15, 0.2) is 5.60 Å². The molecule has 7 heteroatoms. The topological polar surface area (TPSA) is 57.2 Å². The lowest BCUT2D eigenvalue weighted by Gasteiger charge is -2.31. The Morgan fingerprint density at radius 3 is 2.53 bits per heavy atom. The molecule has 1 atom stereocenters. The average Bonchev–Trinajstić information content (AvgIpc) is 2.90. The first-order valence-electron chi connectivity index (χ1n) is 12.2. The van der Waals surface area contributed by atoms with Gasteiger partial charge in [0.05, 0.1) is 25.9 Å². The van der Waals surface area contributed by atoms with Gasteiger partial charge in [0, 0.05) is 19.4 Å². The van der Waals surface area contributed by atoms with E-state index in [1.807, 2.05) is 49.4 Å². The van der Waals surface area contributed by atoms with E-state index in [0.29, 0.717) is 18.8 Å². The predicted octanol–water partition coefficient (Wildman–Crippen LogP) is 4.84. The molecular weight excluding hydrogens is 461 g/mol. The van der Waals surface area contributed by atoms with Crippen molar-refractivity contribution in [1.29, 1.82) is 0 Å². The van der Waals surface area contributed by atoms with Crippen molar-refractivity contribution in [3.8, 4) is 11.5 Å². The molecule has 0 N–H and O–H groups in total. The van der Waals surface area contributed by atoms with Crippen LogP contribution < -0.4 is 14.4 Å². The lowest BCUT2D eigenvalue weighted by atomic mass is 9.87. The van der Waals surface area contributed by atoms with Crippen LogP contribution in [0, 0.1) is 5.82 Å². The van der Waals surface area contributed by atoms with Gasteiger partial charge in [0.2, 0.25) is 0 Å². The van der Waals surface area contributed by atoms with Crippen molar-refractivity contribution in [2.75, 3.05) is 44.9 Å². The van der Waals surface area contributed by atoms with Crippen molar-refractivity contribution in [1.82, 2.24) is 0 Å². The maximum Gasteiger partial charge on any atom is 0.338 e. The lowest BCUT2D eigenvalue weighted by Crippen LogP contribution is -2.47. The van der Waals surface area contributed by atoms with Gasteiger partial charge in [-0.3, -0.25) is 0 Å². The van der Waals surface area contributed by atoms with Crippen molar-refractivity contribution in [2.24, 2.45) is 0 Å². The van der Waals surface area contributed by atoms with Crippen LogP contribution in [-0.4, -0.2) is 51.6 Å². The first-order chi connectivity index (χ1) is 17.5. The first kappa shape index (κ1) is 25.5. The summed E-state index contributed by atoms with van der Waals surface area (Å²) >= 11 is 0. The molecule has 0 fully saturated rings. The molecule has 0 aliphatic carbocycles. The van der Waals surface area contributed by atoms with Gasteiger partial charge in [-0.15, -0.1) is 0 Å². The molecule has 0 bridgehead atoms. The zero-order chi connectivity index (χ0) is 25.4. The largest absolute Gasteiger partial charge is 0.492 e. The predicted molar refractivity (Wildman–Crippen MR) is 136 cm³/mol. The summed E-state index contributed by atoms with van der Waals surface area (Å²) < 4.78 is 37.1. The summed E-state index contributed by atoms with van der Waals surface area (Å²) in [6.07, 6.45) is 0.312. The first-order valence-corrected chi connectivity index (χ1v) is 12.2. The summed E-state index contributed by atoms with van der Waals surface area (Å²) in [4.78, 5) is 15.1. The molecule has 0 saturated carbocycles. The average molecular weight is 494 g/mol. The highest BCUT2D eigenvalue weighted by Gasteiger charge is 2.41. The number of ether oxygens (including phenoxy) is 4. The van der Waals surface area contributed by atoms with Crippen LogP contribution in [0.4, 0.5) is 10.1 Å². The Morgan fingerprint density at radius 1 is 1.03 bits per heavy atom. The second kappa shape index (κ2) is 11.9. The van der Waals surface area contributed by atoms with E-state index in [4.69, 9.17) is 18.9 Å². The molecule has 0 saturated heterocycles. The molecule has 1 aliphatic heterocycles. The van der Waals surface area contributed by atoms with Crippen LogP contribution in [-0.2, 0) is 27.1 Å². The van der Waals surface area contributed by atoms with Gasteiger partial charge >= 0.3 is 5.97 Å². The number of para-hydroxylation sites is 2. The van der Waals surface area contributed by atoms with Gasteiger partial charge < -0.3 is 23.8 Å². The molecule has 1 unspecified atom stereocenters. The number of halogens is 1. The maximum atomic E-state index is 14.4. The minimum atomic E-state index is -1.34. The Morgan fingerprint density at radius 2 is 1.78 bits per heavy atom. The van der Waals surface area contributed by atoms with Crippen molar-refractivity contribution in [2.45, 2.75) is 25.4 Å². The Balaban J connectivity index is 1.42. The monoisotopic (exact) mass is 493 g/mol. The quantitative estimate of drug-likeness (QED) is 0.357. The number of benzene rings is 3. The zero-order valence-corrected chi connectivity index (χ0v) is 20.7. The molecule has 3 aromatic rings. The normalized spacial score (nSPS) is 14.4. The highest BCUT2D eigenvalue weighted by molar-refractivity contribution is 5.80. The van der Waals surface area contributed by atoms with Crippen LogP contribution in [0.5, 0.6) is 11.5 Å². The van der Waals surface area contributed by atoms with Crippen LogP contribution in [0.1, 0.15) is 18.1 Å². The van der Waals surface area contributed by atoms with Crippen molar-refractivity contribution in [3.63, 3.8) is 0 Å². The van der Waals surface area contributed by atoms with Gasteiger partial charge in [0.25, 0.3) is 0 Å². The number of carbonyl (C=O) groups is 1. The number of fused-ring (bicyclic) bond motifs is 1. The number of anilines is 1. The number of nitrogens with zero attached hydrogens (tertiary/aromatic N) is 1. The number of hydrogen-bond donors (Lipinski definition) is 0. The highest BCUT2D eigenvalue weighted by atomic mass is 19.1. The Kier molecular flexibility index (Phi) is 8.44. The number of methoxy groups -OCH3 is 1. The van der Waals surface area contributed by atoms with Crippen LogP contribution >= 0.6 is 0 Å². The standard InChI is InChI=1S/C29H32FNO5/c1-3-36-29(28(32)33-2,21-23-8-4-5-9-25(23)30)20-22-12-14-24(15-13-22)34-18-16-31-17-19-35-27-11-7-6-10-26(27)31/h4-15H,3,16-21H2,1-2H3. The molecule has 4 rings (SSSR count). The Bertz CT molecular complexity index is 1150. The minimum absolute atomic E-state index is 0.0689. The molecule has 0 spiro atoms. The Labute approximate surface area is 211 Å². The summed E-state index contributed by atoms with van der Waals surface area (Å²) in [5.74, 6) is 0.720. The van der Waals surface area contributed by atoms with Crippen molar-refractivity contribution < 1.29 is 28.1 Å². The van der Waals surface area contributed by atoms with E-state index in [0.717, 1.165) is 35.8 Å². The third-order valence-electron chi connectivity index (χ3n) is 6.28. The Hall–Kier alpha value is -3.58. The smallest absolute Gasteiger partial charge is 0.338 e. The second-order valence-corrected chi connectivity index (χ2v) is 8.66. The molecule has 1 aliphatic rings. The highest BCUT2D eigenvalue weighted by Crippen LogP contribution is 2.31. The summed E-state index contributed by atoms with van der Waals surface area (Å²) in [5, 5.41) is 0. The molecular formula is C29H32FNO5. The summed E-state index contributed by atoms with van der Waals surface area (Å²) in [7, 11) is 1.32. The fourth-order valence-corrected chi connectivity index (χ4v) is 4.55. The van der Waals surface area contributed by atoms with Gasteiger partial charge in [0.1, 0.15) is 30.5 Å². The molecule has 190 valence electrons. The summed E-state index contributed by atoms with van der Waals surface area (Å²) in [6.45, 7) is 4.82. The number of carbonyl (C=O) groups excluding carboxylic acids is 1. The third kappa shape index (κ3) is 5.97. The number of rotatable bonds is 11. The van der Waals surface area contributed by atoms with Crippen molar-refractivity contribution in [3.05, 3.63) is 89.7 Å². The third-order valence-corrected chi connectivity index (χ3v) is 6.28. The van der Waals surface area contributed by atoms with Crippen LogP contribution in [0.15, 0.2) is 72.8 Å².